The molecule has 0 saturated carbocycles. The zero-order chi connectivity index (χ0) is 20.5. The third-order valence-corrected chi connectivity index (χ3v) is 4.72. The molecule has 3 aromatic rings. The van der Waals surface area contributed by atoms with E-state index in [-0.39, 0.29) is 11.9 Å². The topological polar surface area (TPSA) is 47.6 Å². The molecule has 3 aromatic carbocycles. The molecule has 1 amide bonds. The molecule has 0 aromatic heterocycles. The number of benzene rings is 3. The first-order chi connectivity index (χ1) is 14.2. The Morgan fingerprint density at radius 2 is 1.52 bits per heavy atom. The fourth-order valence-electron chi connectivity index (χ4n) is 3.12. The Morgan fingerprint density at radius 3 is 2.24 bits per heavy atom. The molecule has 29 heavy (non-hydrogen) atoms. The minimum atomic E-state index is -0.119. The zero-order valence-electron chi connectivity index (χ0n) is 16.9. The van der Waals surface area contributed by atoms with Gasteiger partial charge in [-0.15, -0.1) is 0 Å². The molecular formula is C25H27NO3. The second-order valence-corrected chi connectivity index (χ2v) is 7.00. The van der Waals surface area contributed by atoms with Gasteiger partial charge in [0, 0.05) is 5.56 Å². The molecular weight excluding hydrogens is 362 g/mol. The van der Waals surface area contributed by atoms with Crippen molar-refractivity contribution in [1.29, 1.82) is 0 Å². The van der Waals surface area contributed by atoms with Crippen molar-refractivity contribution in [2.24, 2.45) is 0 Å². The van der Waals surface area contributed by atoms with E-state index in [1.54, 1.807) is 7.11 Å². The van der Waals surface area contributed by atoms with Gasteiger partial charge in [-0.05, 0) is 61.2 Å². The molecule has 1 N–H and O–H groups in total. The van der Waals surface area contributed by atoms with Gasteiger partial charge in [0.15, 0.2) is 0 Å². The summed E-state index contributed by atoms with van der Waals surface area (Å²) in [5.41, 5.74) is 3.04. The predicted octanol–water partition coefficient (Wildman–Crippen LogP) is 4.68. The monoisotopic (exact) mass is 389 g/mol. The molecule has 0 bridgehead atoms. The fourth-order valence-corrected chi connectivity index (χ4v) is 3.12. The first-order valence-corrected chi connectivity index (χ1v) is 9.85. The number of rotatable bonds is 9. The number of hydrogen-bond acceptors (Lipinski definition) is 3. The van der Waals surface area contributed by atoms with Crippen LogP contribution in [0.3, 0.4) is 0 Å². The third-order valence-electron chi connectivity index (χ3n) is 4.72. The molecule has 0 spiro atoms. The van der Waals surface area contributed by atoms with Crippen LogP contribution in [0.5, 0.6) is 11.5 Å². The Labute approximate surface area is 172 Å². The quantitative estimate of drug-likeness (QED) is 0.578. The van der Waals surface area contributed by atoms with Crippen molar-refractivity contribution in [2.75, 3.05) is 13.7 Å². The van der Waals surface area contributed by atoms with Crippen molar-refractivity contribution in [3.05, 3.63) is 95.6 Å². The lowest BCUT2D eigenvalue weighted by molar-refractivity contribution is 0.0925. The fraction of sp³-hybridized carbons (Fsp3) is 0.240. The van der Waals surface area contributed by atoms with Crippen LogP contribution in [-0.4, -0.2) is 25.7 Å². The van der Waals surface area contributed by atoms with Crippen molar-refractivity contribution in [1.82, 2.24) is 5.32 Å². The molecule has 150 valence electrons. The molecule has 0 aliphatic carbocycles. The van der Waals surface area contributed by atoms with E-state index >= 15 is 0 Å². The van der Waals surface area contributed by atoms with E-state index in [0.29, 0.717) is 6.61 Å². The highest BCUT2D eigenvalue weighted by atomic mass is 16.5. The van der Waals surface area contributed by atoms with E-state index in [2.05, 4.69) is 17.4 Å². The second-order valence-electron chi connectivity index (χ2n) is 7.00. The maximum atomic E-state index is 12.8. The Kier molecular flexibility index (Phi) is 7.28. The smallest absolute Gasteiger partial charge is 0.251 e. The lowest BCUT2D eigenvalue weighted by atomic mass is 9.99. The summed E-state index contributed by atoms with van der Waals surface area (Å²) in [6.45, 7) is 2.33. The van der Waals surface area contributed by atoms with Crippen molar-refractivity contribution in [3.63, 3.8) is 0 Å². The molecule has 0 aliphatic heterocycles. The van der Waals surface area contributed by atoms with Crippen LogP contribution in [0.4, 0.5) is 0 Å². The highest BCUT2D eigenvalue weighted by Gasteiger charge is 2.14. The Bertz CT molecular complexity index is 907. The van der Waals surface area contributed by atoms with Crippen LogP contribution in [0.1, 0.15) is 28.4 Å². The number of methoxy groups -OCH3 is 1. The van der Waals surface area contributed by atoms with Crippen LogP contribution < -0.4 is 14.8 Å². The van der Waals surface area contributed by atoms with Gasteiger partial charge >= 0.3 is 0 Å². The highest BCUT2D eigenvalue weighted by molar-refractivity contribution is 5.95. The number of carbonyl (C=O) groups is 1. The summed E-state index contributed by atoms with van der Waals surface area (Å²) in [7, 11) is 1.63. The summed E-state index contributed by atoms with van der Waals surface area (Å²) in [5.74, 6) is 1.46. The van der Waals surface area contributed by atoms with Gasteiger partial charge in [-0.3, -0.25) is 4.79 Å². The predicted molar refractivity (Wildman–Crippen MR) is 116 cm³/mol. The molecule has 1 atom stereocenters. The van der Waals surface area contributed by atoms with Crippen molar-refractivity contribution >= 4 is 5.91 Å². The van der Waals surface area contributed by atoms with E-state index in [0.717, 1.165) is 35.5 Å². The number of nitrogens with one attached hydrogen (secondary N) is 1. The van der Waals surface area contributed by atoms with Gasteiger partial charge in [-0.1, -0.05) is 48.5 Å². The number of ether oxygens (including phenoxy) is 2. The van der Waals surface area contributed by atoms with Crippen molar-refractivity contribution in [2.45, 2.75) is 25.8 Å². The Balaban J connectivity index is 1.55. The zero-order valence-corrected chi connectivity index (χ0v) is 16.9. The first-order valence-electron chi connectivity index (χ1n) is 9.85. The first kappa shape index (κ1) is 20.5. The Morgan fingerprint density at radius 1 is 0.862 bits per heavy atom. The molecule has 4 nitrogen and oxygen atoms in total. The van der Waals surface area contributed by atoms with Crippen LogP contribution in [0.25, 0.3) is 0 Å². The summed E-state index contributed by atoms with van der Waals surface area (Å²) >= 11 is 0. The van der Waals surface area contributed by atoms with E-state index in [1.165, 1.54) is 5.56 Å². The molecule has 4 heteroatoms. The minimum Gasteiger partial charge on any atom is -0.497 e. The number of hydrogen-bond donors (Lipinski definition) is 1. The SMILES string of the molecule is COc1ccc(OC[C@H](C)NC(=O)c2ccccc2CCc2ccccc2)cc1. The summed E-state index contributed by atoms with van der Waals surface area (Å²) in [6, 6.07) is 25.4. The molecule has 0 saturated heterocycles. The maximum absolute atomic E-state index is 12.8. The van der Waals surface area contributed by atoms with Crippen LogP contribution in [0, 0.1) is 0 Å². The standard InChI is InChI=1S/C25H27NO3/c1-19(18-29-23-16-14-22(28-2)15-17-23)26-25(27)24-11-7-6-10-21(24)13-12-20-8-4-3-5-9-20/h3-11,14-17,19H,12-13,18H2,1-2H3,(H,26,27)/t19-/m0/s1. The average Bonchev–Trinajstić information content (AvgIpc) is 2.77. The van der Waals surface area contributed by atoms with Crippen LogP contribution in [-0.2, 0) is 12.8 Å². The van der Waals surface area contributed by atoms with Crippen LogP contribution in [0.15, 0.2) is 78.9 Å². The van der Waals surface area contributed by atoms with Gasteiger partial charge in [-0.25, -0.2) is 0 Å². The summed E-state index contributed by atoms with van der Waals surface area (Å²) < 4.78 is 10.9. The van der Waals surface area contributed by atoms with E-state index in [1.807, 2.05) is 73.7 Å². The van der Waals surface area contributed by atoms with Gasteiger partial charge in [-0.2, -0.15) is 0 Å². The van der Waals surface area contributed by atoms with Crippen LogP contribution in [0.2, 0.25) is 0 Å². The maximum Gasteiger partial charge on any atom is 0.251 e. The number of amides is 1. The van der Waals surface area contributed by atoms with E-state index < -0.39 is 0 Å². The number of carbonyl (C=O) groups excluding carboxylic acids is 1. The van der Waals surface area contributed by atoms with Gasteiger partial charge in [0.25, 0.3) is 5.91 Å². The summed E-state index contributed by atoms with van der Waals surface area (Å²) in [5, 5.41) is 3.04. The molecule has 0 fully saturated rings. The average molecular weight is 389 g/mol. The van der Waals surface area contributed by atoms with Gasteiger partial charge in [0.1, 0.15) is 18.1 Å². The summed E-state index contributed by atoms with van der Waals surface area (Å²) in [4.78, 5) is 12.8. The second kappa shape index (κ2) is 10.3. The minimum absolute atomic E-state index is 0.0699. The van der Waals surface area contributed by atoms with Gasteiger partial charge in [0.05, 0.1) is 13.2 Å². The van der Waals surface area contributed by atoms with Crippen molar-refractivity contribution < 1.29 is 14.3 Å². The van der Waals surface area contributed by atoms with Crippen LogP contribution >= 0.6 is 0 Å². The van der Waals surface area contributed by atoms with Gasteiger partial charge in [0.2, 0.25) is 0 Å². The molecule has 0 radical (unpaired) electrons. The highest BCUT2D eigenvalue weighted by Crippen LogP contribution is 2.17. The Hall–Kier alpha value is -3.27. The molecule has 0 heterocycles. The largest absolute Gasteiger partial charge is 0.497 e. The molecule has 0 unspecified atom stereocenters. The lowest BCUT2D eigenvalue weighted by Gasteiger charge is -2.17. The third kappa shape index (κ3) is 6.11. The van der Waals surface area contributed by atoms with E-state index in [4.69, 9.17) is 9.47 Å². The number of aryl methyl sites for hydroxylation is 2. The molecule has 0 aliphatic rings. The lowest BCUT2D eigenvalue weighted by Crippen LogP contribution is -2.37. The van der Waals surface area contributed by atoms with E-state index in [9.17, 15) is 4.79 Å². The summed E-state index contributed by atoms with van der Waals surface area (Å²) in [6.07, 6.45) is 1.73. The van der Waals surface area contributed by atoms with Gasteiger partial charge < -0.3 is 14.8 Å². The molecule has 3 rings (SSSR count). The normalized spacial score (nSPS) is 11.5. The van der Waals surface area contributed by atoms with Crippen molar-refractivity contribution in [3.8, 4) is 11.5 Å².